The number of pyridine rings is 1. The third kappa shape index (κ3) is 3.06. The van der Waals surface area contributed by atoms with E-state index in [4.69, 9.17) is 0 Å². The molecule has 0 bridgehead atoms. The van der Waals surface area contributed by atoms with Gasteiger partial charge in [0, 0.05) is 20.1 Å². The van der Waals surface area contributed by atoms with E-state index in [1.165, 1.54) is 0 Å². The first-order chi connectivity index (χ1) is 8.91. The molecule has 0 spiro atoms. The Bertz CT molecular complexity index is 447. The standard InChI is InChI=1S/C15H23N3O/c1-15(2,3)11-7-8-18(10-11)14(19)13-6-5-12(16-4)9-17-13/h5-6,9,11,16H,7-8,10H2,1-4H3. The number of nitrogens with one attached hydrogen (secondary N) is 1. The molecule has 1 aromatic heterocycles. The van der Waals surface area contributed by atoms with E-state index in [-0.39, 0.29) is 11.3 Å². The molecule has 1 unspecified atom stereocenters. The summed E-state index contributed by atoms with van der Waals surface area (Å²) >= 11 is 0. The first-order valence-electron chi connectivity index (χ1n) is 6.85. The van der Waals surface area contributed by atoms with Crippen LogP contribution in [-0.2, 0) is 0 Å². The van der Waals surface area contributed by atoms with E-state index < -0.39 is 0 Å². The number of aromatic nitrogens is 1. The Kier molecular flexibility index (Phi) is 3.78. The fourth-order valence-corrected chi connectivity index (χ4v) is 2.48. The lowest BCUT2D eigenvalue weighted by atomic mass is 9.80. The van der Waals surface area contributed by atoms with Crippen LogP contribution in [0.1, 0.15) is 37.7 Å². The molecule has 2 heterocycles. The maximum atomic E-state index is 12.4. The summed E-state index contributed by atoms with van der Waals surface area (Å²) in [4.78, 5) is 18.5. The molecule has 0 aliphatic carbocycles. The smallest absolute Gasteiger partial charge is 0.272 e. The van der Waals surface area contributed by atoms with Gasteiger partial charge >= 0.3 is 0 Å². The lowest BCUT2D eigenvalue weighted by Gasteiger charge is -2.26. The van der Waals surface area contributed by atoms with Gasteiger partial charge in [0.2, 0.25) is 0 Å². The van der Waals surface area contributed by atoms with Gasteiger partial charge in [-0.05, 0) is 29.9 Å². The van der Waals surface area contributed by atoms with Crippen LogP contribution in [0, 0.1) is 11.3 Å². The van der Waals surface area contributed by atoms with Crippen LogP contribution in [0.5, 0.6) is 0 Å². The topological polar surface area (TPSA) is 45.2 Å². The lowest BCUT2D eigenvalue weighted by molar-refractivity contribution is 0.0771. The molecule has 0 saturated carbocycles. The number of hydrogen-bond acceptors (Lipinski definition) is 3. The highest BCUT2D eigenvalue weighted by Crippen LogP contribution is 2.33. The van der Waals surface area contributed by atoms with Crippen LogP contribution in [0.15, 0.2) is 18.3 Å². The highest BCUT2D eigenvalue weighted by Gasteiger charge is 2.34. The summed E-state index contributed by atoms with van der Waals surface area (Å²) in [6.07, 6.45) is 2.79. The summed E-state index contributed by atoms with van der Waals surface area (Å²) in [6.45, 7) is 8.41. The number of anilines is 1. The quantitative estimate of drug-likeness (QED) is 0.890. The van der Waals surface area contributed by atoms with Crippen LogP contribution in [0.3, 0.4) is 0 Å². The number of hydrogen-bond donors (Lipinski definition) is 1. The second kappa shape index (κ2) is 5.19. The van der Waals surface area contributed by atoms with Gasteiger partial charge in [-0.25, -0.2) is 4.98 Å². The summed E-state index contributed by atoms with van der Waals surface area (Å²) in [5.74, 6) is 0.627. The van der Waals surface area contributed by atoms with E-state index in [9.17, 15) is 4.79 Å². The SMILES string of the molecule is CNc1ccc(C(=O)N2CCC(C(C)(C)C)C2)nc1. The van der Waals surface area contributed by atoms with Crippen LogP contribution < -0.4 is 5.32 Å². The molecular weight excluding hydrogens is 238 g/mol. The van der Waals surface area contributed by atoms with E-state index in [0.29, 0.717) is 11.6 Å². The van der Waals surface area contributed by atoms with Gasteiger partial charge in [0.1, 0.15) is 5.69 Å². The zero-order valence-corrected chi connectivity index (χ0v) is 12.2. The number of rotatable bonds is 2. The monoisotopic (exact) mass is 261 g/mol. The molecule has 1 atom stereocenters. The molecule has 1 aromatic rings. The number of nitrogens with zero attached hydrogens (tertiary/aromatic N) is 2. The molecular formula is C15H23N3O. The molecule has 0 aromatic carbocycles. The zero-order valence-electron chi connectivity index (χ0n) is 12.2. The Morgan fingerprint density at radius 2 is 2.16 bits per heavy atom. The van der Waals surface area contributed by atoms with Crippen molar-refractivity contribution in [2.45, 2.75) is 27.2 Å². The molecule has 1 N–H and O–H groups in total. The Labute approximate surface area is 115 Å². The summed E-state index contributed by atoms with van der Waals surface area (Å²) < 4.78 is 0. The number of carbonyl (C=O) groups excluding carboxylic acids is 1. The predicted octanol–water partition coefficient (Wildman–Crippen LogP) is 2.63. The number of amides is 1. The van der Waals surface area contributed by atoms with Crippen molar-refractivity contribution in [1.82, 2.24) is 9.88 Å². The number of likely N-dealkylation sites (tertiary alicyclic amines) is 1. The van der Waals surface area contributed by atoms with E-state index >= 15 is 0 Å². The van der Waals surface area contributed by atoms with Crippen molar-refractivity contribution in [3.63, 3.8) is 0 Å². The van der Waals surface area contributed by atoms with Crippen LogP contribution >= 0.6 is 0 Å². The van der Waals surface area contributed by atoms with Crippen LogP contribution in [0.25, 0.3) is 0 Å². The molecule has 1 fully saturated rings. The normalized spacial score (nSPS) is 19.6. The molecule has 1 saturated heterocycles. The second-order valence-electron chi connectivity index (χ2n) is 6.28. The van der Waals surface area contributed by atoms with Crippen LogP contribution in [-0.4, -0.2) is 35.9 Å². The molecule has 104 valence electrons. The van der Waals surface area contributed by atoms with E-state index in [2.05, 4.69) is 31.1 Å². The van der Waals surface area contributed by atoms with Crippen molar-refractivity contribution in [3.05, 3.63) is 24.0 Å². The Morgan fingerprint density at radius 3 is 2.63 bits per heavy atom. The summed E-state index contributed by atoms with van der Waals surface area (Å²) in [5.41, 5.74) is 1.72. The molecule has 2 rings (SSSR count). The highest BCUT2D eigenvalue weighted by molar-refractivity contribution is 5.92. The Hall–Kier alpha value is -1.58. The average molecular weight is 261 g/mol. The molecule has 1 aliphatic heterocycles. The molecule has 19 heavy (non-hydrogen) atoms. The van der Waals surface area contributed by atoms with Gasteiger partial charge in [0.25, 0.3) is 5.91 Å². The van der Waals surface area contributed by atoms with Gasteiger partial charge in [0.15, 0.2) is 0 Å². The van der Waals surface area contributed by atoms with Gasteiger partial charge in [-0.3, -0.25) is 4.79 Å². The lowest BCUT2D eigenvalue weighted by Crippen LogP contribution is -2.31. The zero-order chi connectivity index (χ0) is 14.0. The van der Waals surface area contributed by atoms with Gasteiger partial charge in [-0.1, -0.05) is 20.8 Å². The summed E-state index contributed by atoms with van der Waals surface area (Å²) in [6, 6.07) is 3.68. The fraction of sp³-hybridized carbons (Fsp3) is 0.600. The molecule has 0 radical (unpaired) electrons. The average Bonchev–Trinajstić information content (AvgIpc) is 2.87. The van der Waals surface area contributed by atoms with E-state index in [1.807, 2.05) is 18.0 Å². The van der Waals surface area contributed by atoms with Gasteiger partial charge in [-0.15, -0.1) is 0 Å². The minimum absolute atomic E-state index is 0.0504. The maximum Gasteiger partial charge on any atom is 0.272 e. The van der Waals surface area contributed by atoms with E-state index in [1.54, 1.807) is 12.3 Å². The van der Waals surface area contributed by atoms with Crippen LogP contribution in [0.4, 0.5) is 5.69 Å². The molecule has 4 heteroatoms. The first-order valence-corrected chi connectivity index (χ1v) is 6.85. The second-order valence-corrected chi connectivity index (χ2v) is 6.28. The molecule has 1 amide bonds. The third-order valence-electron chi connectivity index (χ3n) is 3.97. The number of carbonyl (C=O) groups is 1. The molecule has 1 aliphatic rings. The minimum Gasteiger partial charge on any atom is -0.387 e. The minimum atomic E-state index is 0.0504. The van der Waals surface area contributed by atoms with Crippen molar-refractivity contribution in [1.29, 1.82) is 0 Å². The molecule has 4 nitrogen and oxygen atoms in total. The Morgan fingerprint density at radius 1 is 1.42 bits per heavy atom. The van der Waals surface area contributed by atoms with Crippen molar-refractivity contribution in [2.75, 3.05) is 25.5 Å². The van der Waals surface area contributed by atoms with Gasteiger partial charge in [-0.2, -0.15) is 0 Å². The van der Waals surface area contributed by atoms with Gasteiger partial charge in [0.05, 0.1) is 11.9 Å². The third-order valence-corrected chi connectivity index (χ3v) is 3.97. The van der Waals surface area contributed by atoms with E-state index in [0.717, 1.165) is 25.2 Å². The van der Waals surface area contributed by atoms with Crippen LogP contribution in [0.2, 0.25) is 0 Å². The largest absolute Gasteiger partial charge is 0.387 e. The maximum absolute atomic E-state index is 12.4. The summed E-state index contributed by atoms with van der Waals surface area (Å²) in [7, 11) is 1.84. The fourth-order valence-electron chi connectivity index (χ4n) is 2.48. The van der Waals surface area contributed by atoms with Gasteiger partial charge < -0.3 is 10.2 Å². The summed E-state index contributed by atoms with van der Waals surface area (Å²) in [5, 5.41) is 3.00. The van der Waals surface area contributed by atoms with Crippen molar-refractivity contribution in [3.8, 4) is 0 Å². The Balaban J connectivity index is 2.04. The van der Waals surface area contributed by atoms with Crippen molar-refractivity contribution >= 4 is 11.6 Å². The van der Waals surface area contributed by atoms with Crippen molar-refractivity contribution in [2.24, 2.45) is 11.3 Å². The highest BCUT2D eigenvalue weighted by atomic mass is 16.2. The predicted molar refractivity (Wildman–Crippen MR) is 77.2 cm³/mol. The van der Waals surface area contributed by atoms with Crippen molar-refractivity contribution < 1.29 is 4.79 Å². The first kappa shape index (κ1) is 13.8.